The molecule has 1 aliphatic rings. The molecule has 22 heavy (non-hydrogen) atoms. The number of aliphatic hydroxyl groups is 1. The number of aliphatic carboxylic acids is 1. The number of unbranched alkanes of at least 4 members (excludes halogenated alkanes) is 6. The van der Waals surface area contributed by atoms with E-state index in [9.17, 15) is 9.90 Å². The van der Waals surface area contributed by atoms with Gasteiger partial charge in [-0.3, -0.25) is 4.79 Å². The molecule has 0 radical (unpaired) electrons. The molecule has 0 aromatic carbocycles. The topological polar surface area (TPSA) is 57.5 Å². The Balaban J connectivity index is 0.00000441. The van der Waals surface area contributed by atoms with Crippen molar-refractivity contribution in [2.24, 2.45) is 11.8 Å². The van der Waals surface area contributed by atoms with Crippen LogP contribution in [0.25, 0.3) is 0 Å². The van der Waals surface area contributed by atoms with Crippen LogP contribution >= 0.6 is 0 Å². The van der Waals surface area contributed by atoms with Crippen molar-refractivity contribution in [1.29, 1.82) is 0 Å². The Bertz CT molecular complexity index is 284. The van der Waals surface area contributed by atoms with E-state index in [2.05, 4.69) is 6.92 Å². The fourth-order valence-electron chi connectivity index (χ4n) is 3.76. The number of carboxylic acids is 1. The number of hydrogen-bond donors (Lipinski definition) is 2. The van der Waals surface area contributed by atoms with Crippen LogP contribution in [0.2, 0.25) is 0 Å². The van der Waals surface area contributed by atoms with Crippen LogP contribution in [0.15, 0.2) is 0 Å². The Morgan fingerprint density at radius 3 is 2.27 bits per heavy atom. The van der Waals surface area contributed by atoms with Crippen molar-refractivity contribution < 1.29 is 44.6 Å². The van der Waals surface area contributed by atoms with E-state index in [4.69, 9.17) is 5.11 Å². The van der Waals surface area contributed by atoms with E-state index in [-0.39, 0.29) is 35.7 Å². The van der Waals surface area contributed by atoms with Crippen LogP contribution in [-0.4, -0.2) is 22.3 Å². The van der Waals surface area contributed by atoms with E-state index in [0.29, 0.717) is 12.3 Å². The Kier molecular flexibility index (Phi) is 14.1. The monoisotopic (exact) mass is 321 g/mol. The van der Waals surface area contributed by atoms with Crippen LogP contribution in [0.3, 0.4) is 0 Å². The molecule has 1 fully saturated rings. The number of hydrogen-bond acceptors (Lipinski definition) is 2. The number of carboxylic acid groups (broad SMARTS) is 1. The van der Waals surface area contributed by atoms with E-state index in [1.165, 1.54) is 38.5 Å². The molecule has 1 aliphatic carbocycles. The zero-order valence-electron chi connectivity index (χ0n) is 14.7. The van der Waals surface area contributed by atoms with Crippen LogP contribution < -0.4 is 29.6 Å². The number of rotatable bonds is 12. The van der Waals surface area contributed by atoms with E-state index >= 15 is 0 Å². The van der Waals surface area contributed by atoms with Crippen LogP contribution in [0.5, 0.6) is 0 Å². The molecule has 0 spiro atoms. The molecule has 0 saturated heterocycles. The van der Waals surface area contributed by atoms with Gasteiger partial charge in [-0.2, -0.15) is 0 Å². The summed E-state index contributed by atoms with van der Waals surface area (Å²) >= 11 is 0. The van der Waals surface area contributed by atoms with Gasteiger partial charge in [-0.1, -0.05) is 58.3 Å². The zero-order valence-corrected chi connectivity index (χ0v) is 16.7. The van der Waals surface area contributed by atoms with E-state index in [1.54, 1.807) is 0 Å². The SMILES string of the molecule is CCCCCCC1CCC(O)C1CCCCCCC(=O)O.[Na+]. The molecule has 0 heterocycles. The first-order valence-electron chi connectivity index (χ1n) is 9.05. The van der Waals surface area contributed by atoms with Crippen molar-refractivity contribution in [3.8, 4) is 0 Å². The largest absolute Gasteiger partial charge is 1.00 e. The first-order valence-corrected chi connectivity index (χ1v) is 9.05. The smallest absolute Gasteiger partial charge is 0.481 e. The molecule has 3 nitrogen and oxygen atoms in total. The molecular weight excluding hydrogens is 287 g/mol. The van der Waals surface area contributed by atoms with Crippen molar-refractivity contribution in [3.05, 3.63) is 0 Å². The van der Waals surface area contributed by atoms with Gasteiger partial charge in [0.15, 0.2) is 0 Å². The average Bonchev–Trinajstić information content (AvgIpc) is 2.79. The van der Waals surface area contributed by atoms with Gasteiger partial charge in [-0.05, 0) is 37.5 Å². The average molecular weight is 321 g/mol. The Morgan fingerprint density at radius 1 is 0.955 bits per heavy atom. The summed E-state index contributed by atoms with van der Waals surface area (Å²) in [7, 11) is 0. The molecule has 1 rings (SSSR count). The molecule has 124 valence electrons. The van der Waals surface area contributed by atoms with Crippen molar-refractivity contribution >= 4 is 5.97 Å². The molecule has 3 unspecified atom stereocenters. The summed E-state index contributed by atoms with van der Waals surface area (Å²) in [5.74, 6) is 0.551. The van der Waals surface area contributed by atoms with Gasteiger partial charge < -0.3 is 10.2 Å². The zero-order chi connectivity index (χ0) is 15.5. The van der Waals surface area contributed by atoms with Gasteiger partial charge >= 0.3 is 35.5 Å². The molecule has 0 amide bonds. The molecule has 3 atom stereocenters. The third kappa shape index (κ3) is 9.54. The summed E-state index contributed by atoms with van der Waals surface area (Å²) in [5.41, 5.74) is 0. The second kappa shape index (κ2) is 13.8. The minimum Gasteiger partial charge on any atom is -0.481 e. The summed E-state index contributed by atoms with van der Waals surface area (Å²) in [5, 5.41) is 18.8. The van der Waals surface area contributed by atoms with Gasteiger partial charge in [0.25, 0.3) is 0 Å². The van der Waals surface area contributed by atoms with Crippen molar-refractivity contribution in [2.45, 2.75) is 96.5 Å². The molecular formula is C18H34NaO3+. The van der Waals surface area contributed by atoms with Gasteiger partial charge in [0, 0.05) is 6.42 Å². The van der Waals surface area contributed by atoms with E-state index in [1.807, 2.05) is 0 Å². The summed E-state index contributed by atoms with van der Waals surface area (Å²) in [6.45, 7) is 2.24. The van der Waals surface area contributed by atoms with Gasteiger partial charge in [-0.15, -0.1) is 0 Å². The molecule has 0 aromatic heterocycles. The fourth-order valence-corrected chi connectivity index (χ4v) is 3.76. The second-order valence-electron chi connectivity index (χ2n) is 6.76. The van der Waals surface area contributed by atoms with Crippen LogP contribution in [0, 0.1) is 11.8 Å². The molecule has 1 saturated carbocycles. The molecule has 4 heteroatoms. The van der Waals surface area contributed by atoms with Crippen LogP contribution in [0.4, 0.5) is 0 Å². The maximum Gasteiger partial charge on any atom is 1.00 e. The van der Waals surface area contributed by atoms with Gasteiger partial charge in [0.05, 0.1) is 6.10 Å². The predicted molar refractivity (Wildman–Crippen MR) is 86.3 cm³/mol. The first-order chi connectivity index (χ1) is 10.1. The van der Waals surface area contributed by atoms with Crippen molar-refractivity contribution in [1.82, 2.24) is 0 Å². The second-order valence-corrected chi connectivity index (χ2v) is 6.76. The van der Waals surface area contributed by atoms with E-state index in [0.717, 1.165) is 44.4 Å². The van der Waals surface area contributed by atoms with Crippen molar-refractivity contribution in [3.63, 3.8) is 0 Å². The third-order valence-corrected chi connectivity index (χ3v) is 5.04. The molecule has 0 aromatic rings. The molecule has 0 aliphatic heterocycles. The Morgan fingerprint density at radius 2 is 1.59 bits per heavy atom. The number of aliphatic hydroxyl groups excluding tert-OH is 1. The summed E-state index contributed by atoms with van der Waals surface area (Å²) in [6.07, 6.45) is 14.2. The fraction of sp³-hybridized carbons (Fsp3) is 0.944. The molecule has 2 N–H and O–H groups in total. The molecule has 0 bridgehead atoms. The first kappa shape index (κ1) is 22.4. The quantitative estimate of drug-likeness (QED) is 0.425. The van der Waals surface area contributed by atoms with Crippen LogP contribution in [-0.2, 0) is 4.79 Å². The summed E-state index contributed by atoms with van der Waals surface area (Å²) < 4.78 is 0. The van der Waals surface area contributed by atoms with Gasteiger partial charge in [0.2, 0.25) is 0 Å². The Hall–Kier alpha value is 0.430. The normalized spacial score (nSPS) is 24.2. The third-order valence-electron chi connectivity index (χ3n) is 5.04. The van der Waals surface area contributed by atoms with E-state index < -0.39 is 5.97 Å². The maximum absolute atomic E-state index is 10.4. The van der Waals surface area contributed by atoms with Crippen LogP contribution in [0.1, 0.15) is 90.4 Å². The van der Waals surface area contributed by atoms with Gasteiger partial charge in [-0.25, -0.2) is 0 Å². The van der Waals surface area contributed by atoms with Gasteiger partial charge in [0.1, 0.15) is 0 Å². The minimum atomic E-state index is -0.687. The summed E-state index contributed by atoms with van der Waals surface area (Å²) in [6, 6.07) is 0. The number of carbonyl (C=O) groups is 1. The minimum absolute atomic E-state index is 0. The Labute approximate surface area is 158 Å². The predicted octanol–water partition coefficient (Wildman–Crippen LogP) is 1.77. The maximum atomic E-state index is 10.4. The van der Waals surface area contributed by atoms with Crippen molar-refractivity contribution in [2.75, 3.05) is 0 Å². The summed E-state index contributed by atoms with van der Waals surface area (Å²) in [4.78, 5) is 10.4. The standard InChI is InChI=1S/C18H34O3.Na/c1-2-3-4-7-10-15-13-14-17(19)16(15)11-8-5-6-9-12-18(20)21;/h15-17,19H,2-14H2,1H3,(H,20,21);/q;+1.